The number of anilines is 3. The highest BCUT2D eigenvalue weighted by molar-refractivity contribution is 7.13. The minimum Gasteiger partial charge on any atom is -0.390 e. The first-order chi connectivity index (χ1) is 11.7. The number of nitrogens with one attached hydrogen (secondary N) is 2. The zero-order valence-electron chi connectivity index (χ0n) is 12.7. The maximum atomic E-state index is 12.5. The number of rotatable bonds is 5. The average Bonchev–Trinajstić information content (AvgIpc) is 3.05. The van der Waals surface area contributed by atoms with Gasteiger partial charge in [-0.15, -0.1) is 11.3 Å². The smallest absolute Gasteiger partial charge is 0.278 e. The molecule has 3 heterocycles. The normalized spacial score (nSPS) is 10.4. The average molecular weight is 342 g/mol. The third kappa shape index (κ3) is 3.70. The number of hydrogen-bond acceptors (Lipinski definition) is 8. The number of aliphatic hydroxyl groups is 1. The van der Waals surface area contributed by atoms with Crippen molar-refractivity contribution in [3.63, 3.8) is 0 Å². The molecule has 122 valence electrons. The van der Waals surface area contributed by atoms with E-state index in [0.29, 0.717) is 27.9 Å². The Morgan fingerprint density at radius 1 is 1.25 bits per heavy atom. The van der Waals surface area contributed by atoms with Gasteiger partial charge in [0.15, 0.2) is 10.8 Å². The van der Waals surface area contributed by atoms with Gasteiger partial charge in [-0.1, -0.05) is 0 Å². The van der Waals surface area contributed by atoms with Crippen LogP contribution in [0.25, 0.3) is 0 Å². The molecule has 0 aromatic carbocycles. The molecule has 0 saturated heterocycles. The highest BCUT2D eigenvalue weighted by atomic mass is 32.1. The molecule has 3 N–H and O–H groups in total. The molecule has 1 amide bonds. The number of carbonyl (C=O) groups is 1. The maximum absolute atomic E-state index is 12.5. The van der Waals surface area contributed by atoms with Crippen LogP contribution >= 0.6 is 11.3 Å². The monoisotopic (exact) mass is 342 g/mol. The van der Waals surface area contributed by atoms with Crippen LogP contribution in [-0.2, 0) is 6.61 Å². The van der Waals surface area contributed by atoms with Gasteiger partial charge in [-0.05, 0) is 19.1 Å². The van der Waals surface area contributed by atoms with Crippen LogP contribution in [0.3, 0.4) is 0 Å². The molecule has 0 aliphatic rings. The molecule has 0 unspecified atom stereocenters. The van der Waals surface area contributed by atoms with Crippen molar-refractivity contribution in [2.75, 3.05) is 10.6 Å². The fourth-order valence-corrected chi connectivity index (χ4v) is 2.64. The number of nitrogens with zero attached hydrogens (tertiary/aromatic N) is 4. The summed E-state index contributed by atoms with van der Waals surface area (Å²) in [7, 11) is 0. The van der Waals surface area contributed by atoms with E-state index in [-0.39, 0.29) is 12.3 Å². The quantitative estimate of drug-likeness (QED) is 0.651. The van der Waals surface area contributed by atoms with Gasteiger partial charge in [-0.2, -0.15) is 0 Å². The van der Waals surface area contributed by atoms with Gasteiger partial charge >= 0.3 is 0 Å². The number of aliphatic hydroxyl groups excluding tert-OH is 1. The van der Waals surface area contributed by atoms with Gasteiger partial charge in [0.1, 0.15) is 6.33 Å². The van der Waals surface area contributed by atoms with E-state index in [1.807, 2.05) is 0 Å². The van der Waals surface area contributed by atoms with Crippen molar-refractivity contribution in [1.82, 2.24) is 19.9 Å². The zero-order valence-corrected chi connectivity index (χ0v) is 13.5. The minimum atomic E-state index is -0.392. The molecule has 0 aliphatic heterocycles. The molecule has 3 aromatic rings. The lowest BCUT2D eigenvalue weighted by atomic mass is 10.2. The van der Waals surface area contributed by atoms with Crippen molar-refractivity contribution in [2.45, 2.75) is 13.5 Å². The second-order valence-electron chi connectivity index (χ2n) is 4.86. The minimum absolute atomic E-state index is 0.171. The summed E-state index contributed by atoms with van der Waals surface area (Å²) in [6.45, 7) is 1.63. The molecular formula is C15H14N6O2S. The van der Waals surface area contributed by atoms with Gasteiger partial charge in [0, 0.05) is 11.1 Å². The molecule has 24 heavy (non-hydrogen) atoms. The Balaban J connectivity index is 1.85. The molecule has 0 fully saturated rings. The van der Waals surface area contributed by atoms with E-state index >= 15 is 0 Å². The molecular weight excluding hydrogens is 328 g/mol. The summed E-state index contributed by atoms with van der Waals surface area (Å²) in [6.07, 6.45) is 4.62. The first-order valence-electron chi connectivity index (χ1n) is 7.02. The summed E-state index contributed by atoms with van der Waals surface area (Å²) in [5.41, 5.74) is 2.64. The van der Waals surface area contributed by atoms with Crippen molar-refractivity contribution in [2.24, 2.45) is 0 Å². The van der Waals surface area contributed by atoms with Crippen molar-refractivity contribution >= 4 is 33.8 Å². The van der Waals surface area contributed by atoms with E-state index in [9.17, 15) is 4.79 Å². The summed E-state index contributed by atoms with van der Waals surface area (Å²) in [4.78, 5) is 28.8. The highest BCUT2D eigenvalue weighted by Gasteiger charge is 2.16. The molecule has 0 spiro atoms. The molecule has 3 aromatic heterocycles. The van der Waals surface area contributed by atoms with Crippen molar-refractivity contribution in [1.29, 1.82) is 0 Å². The predicted octanol–water partition coefficient (Wildman–Crippen LogP) is 2.12. The Bertz CT molecular complexity index is 852. The van der Waals surface area contributed by atoms with Gasteiger partial charge in [-0.25, -0.2) is 19.9 Å². The van der Waals surface area contributed by atoms with Crippen molar-refractivity contribution in [3.05, 3.63) is 53.3 Å². The lowest BCUT2D eigenvalue weighted by Crippen LogP contribution is -2.16. The van der Waals surface area contributed by atoms with Crippen LogP contribution in [0.15, 0.2) is 36.2 Å². The van der Waals surface area contributed by atoms with Gasteiger partial charge in [0.25, 0.3) is 5.91 Å². The largest absolute Gasteiger partial charge is 0.390 e. The van der Waals surface area contributed by atoms with Crippen LogP contribution in [-0.4, -0.2) is 30.9 Å². The molecule has 0 saturated carbocycles. The van der Waals surface area contributed by atoms with Crippen molar-refractivity contribution < 1.29 is 9.90 Å². The number of aromatic nitrogens is 4. The maximum Gasteiger partial charge on any atom is 0.278 e. The van der Waals surface area contributed by atoms with E-state index in [1.165, 1.54) is 17.7 Å². The van der Waals surface area contributed by atoms with E-state index in [2.05, 4.69) is 30.6 Å². The summed E-state index contributed by atoms with van der Waals surface area (Å²) in [5, 5.41) is 16.9. The van der Waals surface area contributed by atoms with E-state index < -0.39 is 5.91 Å². The fraction of sp³-hybridized carbons (Fsp3) is 0.133. The van der Waals surface area contributed by atoms with E-state index in [1.54, 1.807) is 36.8 Å². The third-order valence-electron chi connectivity index (χ3n) is 3.02. The second kappa shape index (κ2) is 7.11. The molecule has 8 nitrogen and oxygen atoms in total. The van der Waals surface area contributed by atoms with Gasteiger partial charge < -0.3 is 10.4 Å². The number of aryl methyl sites for hydroxylation is 1. The SMILES string of the molecule is Cc1ccc(Nc2cncnc2)c(C(=O)Nc2nc(CO)cs2)n1. The Morgan fingerprint density at radius 3 is 2.75 bits per heavy atom. The Labute approximate surface area is 141 Å². The Morgan fingerprint density at radius 2 is 2.04 bits per heavy atom. The zero-order chi connectivity index (χ0) is 16.9. The second-order valence-corrected chi connectivity index (χ2v) is 5.72. The molecule has 3 rings (SSSR count). The summed E-state index contributed by atoms with van der Waals surface area (Å²) >= 11 is 1.24. The molecule has 0 atom stereocenters. The summed E-state index contributed by atoms with van der Waals surface area (Å²) < 4.78 is 0. The van der Waals surface area contributed by atoms with Crippen LogP contribution in [0.5, 0.6) is 0 Å². The van der Waals surface area contributed by atoms with E-state index in [4.69, 9.17) is 5.11 Å². The number of hydrogen-bond donors (Lipinski definition) is 3. The Hall–Kier alpha value is -2.91. The van der Waals surface area contributed by atoms with Crippen LogP contribution in [0, 0.1) is 6.92 Å². The standard InChI is InChI=1S/C15H14N6O2S/c1-9-2-3-12(19-10-4-16-8-17-5-10)13(18-9)14(23)21-15-20-11(6-22)7-24-15/h2-5,7-8,19,22H,6H2,1H3,(H,20,21,23). The summed E-state index contributed by atoms with van der Waals surface area (Å²) in [6, 6.07) is 3.57. The lowest BCUT2D eigenvalue weighted by molar-refractivity contribution is 0.102. The van der Waals surface area contributed by atoms with Crippen LogP contribution in [0.4, 0.5) is 16.5 Å². The Kier molecular flexibility index (Phi) is 4.73. The number of carbonyl (C=O) groups excluding carboxylic acids is 1. The number of amides is 1. The first kappa shape index (κ1) is 16.0. The summed E-state index contributed by atoms with van der Waals surface area (Å²) in [5.74, 6) is -0.392. The fourth-order valence-electron chi connectivity index (χ4n) is 1.94. The lowest BCUT2D eigenvalue weighted by Gasteiger charge is -2.11. The van der Waals surface area contributed by atoms with Crippen LogP contribution < -0.4 is 10.6 Å². The molecule has 0 bridgehead atoms. The third-order valence-corrected chi connectivity index (χ3v) is 3.83. The first-order valence-corrected chi connectivity index (χ1v) is 7.90. The van der Waals surface area contributed by atoms with Crippen LogP contribution in [0.2, 0.25) is 0 Å². The molecule has 0 radical (unpaired) electrons. The van der Waals surface area contributed by atoms with Crippen LogP contribution in [0.1, 0.15) is 21.9 Å². The number of thiazole rings is 1. The van der Waals surface area contributed by atoms with Gasteiger partial charge in [0.2, 0.25) is 0 Å². The van der Waals surface area contributed by atoms with E-state index in [0.717, 1.165) is 0 Å². The topological polar surface area (TPSA) is 113 Å². The molecule has 9 heteroatoms. The van der Waals surface area contributed by atoms with Crippen molar-refractivity contribution in [3.8, 4) is 0 Å². The van der Waals surface area contributed by atoms with Gasteiger partial charge in [-0.3, -0.25) is 10.1 Å². The number of pyridine rings is 1. The van der Waals surface area contributed by atoms with Gasteiger partial charge in [0.05, 0.1) is 36.1 Å². The highest BCUT2D eigenvalue weighted by Crippen LogP contribution is 2.22. The predicted molar refractivity (Wildman–Crippen MR) is 90.3 cm³/mol. The molecule has 0 aliphatic carbocycles.